The van der Waals surface area contributed by atoms with E-state index < -0.39 is 17.6 Å². The highest BCUT2D eigenvalue weighted by Crippen LogP contribution is 2.44. The minimum Gasteiger partial charge on any atom is -0.366 e. The van der Waals surface area contributed by atoms with Gasteiger partial charge in [0, 0.05) is 12.5 Å². The molecule has 1 aromatic heterocycles. The molecule has 2 aromatic rings. The standard InChI is InChI=1S/C20H22ClF3N4OS/c21-16-14(7-13(20(22,23)24)8-15(16)17(25)29)11-3-1-10(2-4-11)9-26-19-28-27-18(30-19)12-5-6-12/h7-8,10-12H,1-6,9H2,(H2,25,29)(H,26,28). The molecule has 10 heteroatoms. The molecule has 0 aliphatic heterocycles. The van der Waals surface area contributed by atoms with Crippen LogP contribution < -0.4 is 11.1 Å². The molecule has 30 heavy (non-hydrogen) atoms. The summed E-state index contributed by atoms with van der Waals surface area (Å²) in [5, 5.41) is 13.7. The molecule has 0 bridgehead atoms. The Morgan fingerprint density at radius 3 is 2.40 bits per heavy atom. The second-order valence-corrected chi connectivity index (χ2v) is 9.49. The number of nitrogens with zero attached hydrogens (tertiary/aromatic N) is 2. The first-order valence-electron chi connectivity index (χ1n) is 10.00. The van der Waals surface area contributed by atoms with Gasteiger partial charge in [-0.25, -0.2) is 0 Å². The summed E-state index contributed by atoms with van der Waals surface area (Å²) in [4.78, 5) is 11.6. The van der Waals surface area contributed by atoms with Crippen LogP contribution in [0.2, 0.25) is 5.02 Å². The summed E-state index contributed by atoms with van der Waals surface area (Å²) in [5.41, 5.74) is 4.47. The lowest BCUT2D eigenvalue weighted by molar-refractivity contribution is -0.137. The molecular formula is C20H22ClF3N4OS. The van der Waals surface area contributed by atoms with E-state index in [9.17, 15) is 18.0 Å². The van der Waals surface area contributed by atoms with Crippen LogP contribution in [-0.4, -0.2) is 22.6 Å². The number of carbonyl (C=O) groups excluding carboxylic acids is 1. The Bertz CT molecular complexity index is 937. The van der Waals surface area contributed by atoms with E-state index in [0.717, 1.165) is 41.7 Å². The van der Waals surface area contributed by atoms with Crippen molar-refractivity contribution in [1.82, 2.24) is 10.2 Å². The third-order valence-corrected chi connectivity index (χ3v) is 7.35. The van der Waals surface area contributed by atoms with Crippen LogP contribution in [0.15, 0.2) is 12.1 Å². The lowest BCUT2D eigenvalue weighted by Gasteiger charge is -2.30. The maximum atomic E-state index is 13.3. The van der Waals surface area contributed by atoms with E-state index in [4.69, 9.17) is 17.3 Å². The fraction of sp³-hybridized carbons (Fsp3) is 0.550. The van der Waals surface area contributed by atoms with Gasteiger partial charge in [0.1, 0.15) is 5.01 Å². The van der Waals surface area contributed by atoms with Crippen LogP contribution in [0.1, 0.15) is 76.9 Å². The molecule has 0 spiro atoms. The third-order valence-electron chi connectivity index (χ3n) is 5.89. The Hall–Kier alpha value is -1.87. The Kier molecular flexibility index (Phi) is 5.94. The molecule has 2 aliphatic carbocycles. The predicted octanol–water partition coefficient (Wildman–Crippen LogP) is 5.57. The van der Waals surface area contributed by atoms with Crippen molar-refractivity contribution in [2.24, 2.45) is 11.7 Å². The fourth-order valence-electron chi connectivity index (χ4n) is 4.00. The van der Waals surface area contributed by atoms with Crippen molar-refractivity contribution in [2.75, 3.05) is 11.9 Å². The van der Waals surface area contributed by atoms with E-state index in [0.29, 0.717) is 30.2 Å². The van der Waals surface area contributed by atoms with Crippen LogP contribution in [0.4, 0.5) is 18.3 Å². The minimum absolute atomic E-state index is 0.0403. The number of nitrogens with two attached hydrogens (primary N) is 1. The van der Waals surface area contributed by atoms with Gasteiger partial charge in [-0.3, -0.25) is 4.79 Å². The molecule has 162 valence electrons. The van der Waals surface area contributed by atoms with Gasteiger partial charge in [0.05, 0.1) is 16.1 Å². The third kappa shape index (κ3) is 4.72. The Morgan fingerprint density at radius 1 is 1.13 bits per heavy atom. The highest BCUT2D eigenvalue weighted by Gasteiger charge is 2.34. The number of carbonyl (C=O) groups is 1. The van der Waals surface area contributed by atoms with Crippen molar-refractivity contribution < 1.29 is 18.0 Å². The summed E-state index contributed by atoms with van der Waals surface area (Å²) in [6.07, 6.45) is 0.924. The molecule has 3 N–H and O–H groups in total. The molecule has 2 fully saturated rings. The highest BCUT2D eigenvalue weighted by atomic mass is 35.5. The number of aromatic nitrogens is 2. The number of primary amides is 1. The molecule has 1 heterocycles. The first-order chi connectivity index (χ1) is 14.2. The number of hydrogen-bond acceptors (Lipinski definition) is 5. The molecule has 4 rings (SSSR count). The Balaban J connectivity index is 1.40. The molecule has 1 amide bonds. The fourth-order valence-corrected chi connectivity index (χ4v) is 5.27. The van der Waals surface area contributed by atoms with E-state index in [1.54, 1.807) is 11.3 Å². The predicted molar refractivity (Wildman–Crippen MR) is 110 cm³/mol. The van der Waals surface area contributed by atoms with E-state index in [1.807, 2.05) is 0 Å². The van der Waals surface area contributed by atoms with Crippen molar-refractivity contribution in [3.8, 4) is 0 Å². The van der Waals surface area contributed by atoms with Crippen LogP contribution in [0, 0.1) is 5.92 Å². The van der Waals surface area contributed by atoms with E-state index >= 15 is 0 Å². The number of alkyl halides is 3. The molecule has 2 saturated carbocycles. The molecule has 2 aliphatic rings. The summed E-state index contributed by atoms with van der Waals surface area (Å²) in [6.45, 7) is 0.759. The van der Waals surface area contributed by atoms with Crippen molar-refractivity contribution >= 4 is 34.0 Å². The lowest BCUT2D eigenvalue weighted by atomic mass is 9.78. The van der Waals surface area contributed by atoms with Crippen molar-refractivity contribution in [2.45, 2.75) is 56.5 Å². The number of anilines is 1. The van der Waals surface area contributed by atoms with Gasteiger partial charge in [0.2, 0.25) is 11.0 Å². The van der Waals surface area contributed by atoms with Crippen molar-refractivity contribution in [3.63, 3.8) is 0 Å². The lowest BCUT2D eigenvalue weighted by Crippen LogP contribution is -2.22. The number of nitrogens with one attached hydrogen (secondary N) is 1. The smallest absolute Gasteiger partial charge is 0.366 e. The summed E-state index contributed by atoms with van der Waals surface area (Å²) in [5.74, 6) is -0.101. The zero-order chi connectivity index (χ0) is 21.5. The Morgan fingerprint density at radius 2 is 1.80 bits per heavy atom. The van der Waals surface area contributed by atoms with Gasteiger partial charge >= 0.3 is 6.18 Å². The molecular weight excluding hydrogens is 437 g/mol. The van der Waals surface area contributed by atoms with Crippen LogP contribution in [0.5, 0.6) is 0 Å². The van der Waals surface area contributed by atoms with E-state index in [-0.39, 0.29) is 16.5 Å². The summed E-state index contributed by atoms with van der Waals surface area (Å²) in [6, 6.07) is 1.81. The molecule has 5 nitrogen and oxygen atoms in total. The van der Waals surface area contributed by atoms with Gasteiger partial charge in [-0.05, 0) is 68.1 Å². The van der Waals surface area contributed by atoms with Gasteiger partial charge in [-0.15, -0.1) is 10.2 Å². The molecule has 0 atom stereocenters. The molecule has 1 aromatic carbocycles. The number of hydrogen-bond donors (Lipinski definition) is 2. The number of benzene rings is 1. The van der Waals surface area contributed by atoms with Gasteiger partial charge in [-0.2, -0.15) is 13.2 Å². The van der Waals surface area contributed by atoms with Gasteiger partial charge in [-0.1, -0.05) is 22.9 Å². The van der Waals surface area contributed by atoms with Crippen LogP contribution in [-0.2, 0) is 6.18 Å². The topological polar surface area (TPSA) is 80.9 Å². The zero-order valence-corrected chi connectivity index (χ0v) is 17.7. The maximum Gasteiger partial charge on any atom is 0.416 e. The highest BCUT2D eigenvalue weighted by molar-refractivity contribution is 7.15. The first-order valence-corrected chi connectivity index (χ1v) is 11.2. The number of halogens is 4. The van der Waals surface area contributed by atoms with Crippen LogP contribution >= 0.6 is 22.9 Å². The monoisotopic (exact) mass is 458 g/mol. The Labute approximate surface area is 181 Å². The van der Waals surface area contributed by atoms with Crippen LogP contribution in [0.25, 0.3) is 0 Å². The van der Waals surface area contributed by atoms with E-state index in [2.05, 4.69) is 15.5 Å². The average Bonchev–Trinajstić information content (AvgIpc) is 3.44. The zero-order valence-electron chi connectivity index (χ0n) is 16.1. The van der Waals surface area contributed by atoms with E-state index in [1.165, 1.54) is 12.8 Å². The van der Waals surface area contributed by atoms with Crippen molar-refractivity contribution in [1.29, 1.82) is 0 Å². The number of rotatable bonds is 6. The summed E-state index contributed by atoms with van der Waals surface area (Å²) < 4.78 is 39.8. The van der Waals surface area contributed by atoms with Crippen LogP contribution in [0.3, 0.4) is 0 Å². The summed E-state index contributed by atoms with van der Waals surface area (Å²) >= 11 is 7.87. The first kappa shape index (κ1) is 21.4. The normalized spacial score (nSPS) is 22.1. The molecule has 0 radical (unpaired) electrons. The quantitative estimate of drug-likeness (QED) is 0.592. The molecule has 0 saturated heterocycles. The second-order valence-electron chi connectivity index (χ2n) is 8.11. The SMILES string of the molecule is NC(=O)c1cc(C(F)(F)F)cc(C2CCC(CNc3nnc(C4CC4)s3)CC2)c1Cl. The maximum absolute atomic E-state index is 13.3. The largest absolute Gasteiger partial charge is 0.416 e. The van der Waals surface area contributed by atoms with Gasteiger partial charge < -0.3 is 11.1 Å². The average molecular weight is 459 g/mol. The van der Waals surface area contributed by atoms with Gasteiger partial charge in [0.15, 0.2) is 0 Å². The molecule has 0 unspecified atom stereocenters. The minimum atomic E-state index is -4.56. The number of amides is 1. The second kappa shape index (κ2) is 8.34. The van der Waals surface area contributed by atoms with Gasteiger partial charge in [0.25, 0.3) is 0 Å². The van der Waals surface area contributed by atoms with Crippen molar-refractivity contribution in [3.05, 3.63) is 38.9 Å². The summed E-state index contributed by atoms with van der Waals surface area (Å²) in [7, 11) is 0.